The van der Waals surface area contributed by atoms with Crippen LogP contribution in [0.2, 0.25) is 0 Å². The van der Waals surface area contributed by atoms with Crippen molar-refractivity contribution in [1.82, 2.24) is 0 Å². The first-order chi connectivity index (χ1) is 6.72. The average molecular weight is 191 g/mol. The van der Waals surface area contributed by atoms with E-state index in [9.17, 15) is 4.79 Å². The van der Waals surface area contributed by atoms with E-state index in [4.69, 9.17) is 0 Å². The van der Waals surface area contributed by atoms with Crippen LogP contribution in [-0.2, 0) is 4.79 Å². The minimum atomic E-state index is 0.310. The Morgan fingerprint density at radius 2 is 1.93 bits per heavy atom. The summed E-state index contributed by atoms with van der Waals surface area (Å²) in [6, 6.07) is 8.19. The molecule has 1 aromatic carbocycles. The number of anilines is 1. The SMILES string of the molecule is CCC(=O)CCNc1ccc(C)cc1. The lowest BCUT2D eigenvalue weighted by atomic mass is 10.2. The monoisotopic (exact) mass is 191 g/mol. The molecule has 0 bridgehead atoms. The van der Waals surface area contributed by atoms with Gasteiger partial charge in [-0.1, -0.05) is 24.6 Å². The van der Waals surface area contributed by atoms with Crippen molar-refractivity contribution in [3.8, 4) is 0 Å². The van der Waals surface area contributed by atoms with E-state index in [-0.39, 0.29) is 0 Å². The molecule has 0 aliphatic rings. The van der Waals surface area contributed by atoms with Crippen molar-refractivity contribution in [1.29, 1.82) is 0 Å². The number of Topliss-reactive ketones (excluding diaryl/α,β-unsaturated/α-hetero) is 1. The number of aryl methyl sites for hydroxylation is 1. The fourth-order valence-corrected chi connectivity index (χ4v) is 1.19. The predicted molar refractivity (Wildman–Crippen MR) is 59.6 cm³/mol. The third-order valence-electron chi connectivity index (χ3n) is 2.18. The number of ketones is 1. The van der Waals surface area contributed by atoms with Crippen molar-refractivity contribution in [2.75, 3.05) is 11.9 Å². The van der Waals surface area contributed by atoms with Crippen molar-refractivity contribution < 1.29 is 4.79 Å². The van der Waals surface area contributed by atoms with Gasteiger partial charge in [-0.25, -0.2) is 0 Å². The lowest BCUT2D eigenvalue weighted by molar-refractivity contribution is -0.118. The van der Waals surface area contributed by atoms with Crippen molar-refractivity contribution in [3.63, 3.8) is 0 Å². The topological polar surface area (TPSA) is 29.1 Å². The molecule has 76 valence electrons. The highest BCUT2D eigenvalue weighted by atomic mass is 16.1. The summed E-state index contributed by atoms with van der Waals surface area (Å²) in [5.41, 5.74) is 2.33. The van der Waals surface area contributed by atoms with Crippen LogP contribution in [0.4, 0.5) is 5.69 Å². The summed E-state index contributed by atoms with van der Waals surface area (Å²) in [7, 11) is 0. The van der Waals surface area contributed by atoms with Crippen molar-refractivity contribution in [2.45, 2.75) is 26.7 Å². The van der Waals surface area contributed by atoms with Crippen LogP contribution in [-0.4, -0.2) is 12.3 Å². The Labute approximate surface area is 85.3 Å². The number of hydrogen-bond donors (Lipinski definition) is 1. The highest BCUT2D eigenvalue weighted by molar-refractivity contribution is 5.78. The Hall–Kier alpha value is -1.31. The molecule has 0 amide bonds. The summed E-state index contributed by atoms with van der Waals surface area (Å²) in [5.74, 6) is 0.310. The van der Waals surface area contributed by atoms with Crippen LogP contribution in [0.15, 0.2) is 24.3 Å². The van der Waals surface area contributed by atoms with Crippen LogP contribution < -0.4 is 5.32 Å². The number of rotatable bonds is 5. The van der Waals surface area contributed by atoms with E-state index in [2.05, 4.69) is 24.4 Å². The molecule has 1 N–H and O–H groups in total. The Morgan fingerprint density at radius 3 is 2.50 bits per heavy atom. The summed E-state index contributed by atoms with van der Waals surface area (Å²) in [6.07, 6.45) is 1.25. The van der Waals surface area contributed by atoms with E-state index >= 15 is 0 Å². The van der Waals surface area contributed by atoms with Gasteiger partial charge in [0.05, 0.1) is 0 Å². The smallest absolute Gasteiger partial charge is 0.134 e. The maximum absolute atomic E-state index is 11.0. The largest absolute Gasteiger partial charge is 0.385 e. The number of nitrogens with one attached hydrogen (secondary N) is 1. The van der Waals surface area contributed by atoms with Crippen molar-refractivity contribution >= 4 is 11.5 Å². The molecule has 1 aromatic rings. The molecular weight excluding hydrogens is 174 g/mol. The Morgan fingerprint density at radius 1 is 1.29 bits per heavy atom. The van der Waals surface area contributed by atoms with Gasteiger partial charge < -0.3 is 5.32 Å². The van der Waals surface area contributed by atoms with Gasteiger partial charge in [0.25, 0.3) is 0 Å². The van der Waals surface area contributed by atoms with Gasteiger partial charge in [0.15, 0.2) is 0 Å². The quantitative estimate of drug-likeness (QED) is 0.775. The standard InChI is InChI=1S/C12H17NO/c1-3-12(14)8-9-13-11-6-4-10(2)5-7-11/h4-7,13H,3,8-9H2,1-2H3. The molecule has 0 spiro atoms. The lowest BCUT2D eigenvalue weighted by Gasteiger charge is -2.05. The van der Waals surface area contributed by atoms with Crippen molar-refractivity contribution in [2.24, 2.45) is 0 Å². The molecular formula is C12H17NO. The molecule has 0 saturated heterocycles. The van der Waals surface area contributed by atoms with Gasteiger partial charge in [0.1, 0.15) is 5.78 Å². The normalized spacial score (nSPS) is 9.86. The van der Waals surface area contributed by atoms with Gasteiger partial charge in [-0.05, 0) is 19.1 Å². The molecule has 0 unspecified atom stereocenters. The van der Waals surface area contributed by atoms with E-state index in [1.165, 1.54) is 5.56 Å². The average Bonchev–Trinajstić information content (AvgIpc) is 2.21. The van der Waals surface area contributed by atoms with Crippen LogP contribution in [0.1, 0.15) is 25.3 Å². The van der Waals surface area contributed by atoms with Gasteiger partial charge in [-0.2, -0.15) is 0 Å². The van der Waals surface area contributed by atoms with Crippen LogP contribution in [0.5, 0.6) is 0 Å². The fourth-order valence-electron chi connectivity index (χ4n) is 1.19. The number of carbonyl (C=O) groups is 1. The Kier molecular flexibility index (Phi) is 4.17. The molecule has 0 aliphatic carbocycles. The van der Waals surface area contributed by atoms with Crippen LogP contribution in [0.25, 0.3) is 0 Å². The third-order valence-corrected chi connectivity index (χ3v) is 2.18. The molecule has 2 nitrogen and oxygen atoms in total. The Balaban J connectivity index is 2.31. The fraction of sp³-hybridized carbons (Fsp3) is 0.417. The molecule has 0 atom stereocenters. The second kappa shape index (κ2) is 5.43. The van der Waals surface area contributed by atoms with Gasteiger partial charge in [0, 0.05) is 25.1 Å². The number of hydrogen-bond acceptors (Lipinski definition) is 2. The molecule has 1 rings (SSSR count). The van der Waals surface area contributed by atoms with Crippen LogP contribution in [0, 0.1) is 6.92 Å². The number of benzene rings is 1. The molecule has 14 heavy (non-hydrogen) atoms. The first-order valence-corrected chi connectivity index (χ1v) is 5.04. The minimum absolute atomic E-state index is 0.310. The van der Waals surface area contributed by atoms with Gasteiger partial charge in [-0.15, -0.1) is 0 Å². The second-order valence-corrected chi connectivity index (χ2v) is 3.44. The van der Waals surface area contributed by atoms with Crippen LogP contribution >= 0.6 is 0 Å². The first-order valence-electron chi connectivity index (χ1n) is 5.04. The minimum Gasteiger partial charge on any atom is -0.385 e. The van der Waals surface area contributed by atoms with Gasteiger partial charge in [-0.3, -0.25) is 4.79 Å². The number of carbonyl (C=O) groups excluding carboxylic acids is 1. The van der Waals surface area contributed by atoms with E-state index in [1.807, 2.05) is 19.1 Å². The molecule has 2 heteroatoms. The zero-order valence-electron chi connectivity index (χ0n) is 8.84. The Bertz CT molecular complexity index is 290. The van der Waals surface area contributed by atoms with E-state index in [1.54, 1.807) is 0 Å². The highest BCUT2D eigenvalue weighted by Gasteiger charge is 1.97. The molecule has 0 fully saturated rings. The molecule has 0 radical (unpaired) electrons. The summed E-state index contributed by atoms with van der Waals surface area (Å²) in [4.78, 5) is 11.0. The van der Waals surface area contributed by atoms with E-state index < -0.39 is 0 Å². The predicted octanol–water partition coefficient (Wildman–Crippen LogP) is 2.78. The second-order valence-electron chi connectivity index (χ2n) is 3.44. The summed E-state index contributed by atoms with van der Waals surface area (Å²) >= 11 is 0. The van der Waals surface area contributed by atoms with Crippen LogP contribution in [0.3, 0.4) is 0 Å². The van der Waals surface area contributed by atoms with Gasteiger partial charge in [0.2, 0.25) is 0 Å². The van der Waals surface area contributed by atoms with E-state index in [0.29, 0.717) is 18.6 Å². The summed E-state index contributed by atoms with van der Waals surface area (Å²) < 4.78 is 0. The summed E-state index contributed by atoms with van der Waals surface area (Å²) in [6.45, 7) is 4.69. The zero-order chi connectivity index (χ0) is 10.4. The van der Waals surface area contributed by atoms with E-state index in [0.717, 1.165) is 12.2 Å². The van der Waals surface area contributed by atoms with Crippen molar-refractivity contribution in [3.05, 3.63) is 29.8 Å². The maximum atomic E-state index is 11.0. The molecule has 0 aliphatic heterocycles. The molecule has 0 saturated carbocycles. The zero-order valence-corrected chi connectivity index (χ0v) is 8.84. The molecule has 0 heterocycles. The first kappa shape index (κ1) is 10.8. The summed E-state index contributed by atoms with van der Waals surface area (Å²) in [5, 5.41) is 3.22. The van der Waals surface area contributed by atoms with Gasteiger partial charge >= 0.3 is 0 Å². The highest BCUT2D eigenvalue weighted by Crippen LogP contribution is 2.08. The lowest BCUT2D eigenvalue weighted by Crippen LogP contribution is -2.07. The third kappa shape index (κ3) is 3.60. The molecule has 0 aromatic heterocycles. The maximum Gasteiger partial charge on any atom is 0.134 e.